The minimum Gasteiger partial charge on any atom is -0.507 e. The Balaban J connectivity index is 1.63. The van der Waals surface area contributed by atoms with E-state index in [9.17, 15) is 9.90 Å². The van der Waals surface area contributed by atoms with Gasteiger partial charge in [0.25, 0.3) is 0 Å². The number of carbonyl (C=O) groups is 1. The lowest BCUT2D eigenvalue weighted by Gasteiger charge is -2.14. The predicted molar refractivity (Wildman–Crippen MR) is 134 cm³/mol. The number of phenols is 1. The maximum absolute atomic E-state index is 12.8. The fourth-order valence-corrected chi connectivity index (χ4v) is 4.20. The van der Waals surface area contributed by atoms with Gasteiger partial charge in [-0.3, -0.25) is 9.36 Å². The molecule has 0 radical (unpaired) electrons. The molecule has 0 aliphatic rings. The van der Waals surface area contributed by atoms with E-state index in [0.717, 1.165) is 0 Å². The summed E-state index contributed by atoms with van der Waals surface area (Å²) in [4.78, 5) is 12.8. The van der Waals surface area contributed by atoms with Crippen molar-refractivity contribution in [2.45, 2.75) is 5.16 Å². The standard InChI is InChI=1S/C25H24N4O5S/c1-32-16-12-13-18(22(14-16)34-3)26-23(31)15-35-25-28-27-24(17-8-4-6-10-20(17)30)29(25)19-9-5-7-11-21(19)33-2/h4-14,30H,15H2,1-3H3,(H,26,31). The first-order chi connectivity index (χ1) is 17.0. The van der Waals surface area contributed by atoms with Gasteiger partial charge >= 0.3 is 0 Å². The number of methoxy groups -OCH3 is 3. The van der Waals surface area contributed by atoms with Crippen molar-refractivity contribution < 1.29 is 24.1 Å². The summed E-state index contributed by atoms with van der Waals surface area (Å²) < 4.78 is 17.9. The molecular formula is C25H24N4O5S. The van der Waals surface area contributed by atoms with E-state index in [0.29, 0.717) is 45.2 Å². The third-order valence-electron chi connectivity index (χ3n) is 5.12. The lowest BCUT2D eigenvalue weighted by molar-refractivity contribution is -0.113. The van der Waals surface area contributed by atoms with Gasteiger partial charge in [-0.25, -0.2) is 0 Å². The number of hydrogen-bond donors (Lipinski definition) is 2. The Labute approximate surface area is 206 Å². The fraction of sp³-hybridized carbons (Fsp3) is 0.160. The average molecular weight is 493 g/mol. The van der Waals surface area contributed by atoms with E-state index in [1.165, 1.54) is 18.9 Å². The van der Waals surface area contributed by atoms with Crippen molar-refractivity contribution in [3.8, 4) is 40.1 Å². The number of nitrogens with zero attached hydrogens (tertiary/aromatic N) is 3. The minimum absolute atomic E-state index is 0.0588. The van der Waals surface area contributed by atoms with Crippen molar-refractivity contribution in [1.29, 1.82) is 0 Å². The van der Waals surface area contributed by atoms with Crippen molar-refractivity contribution in [3.05, 3.63) is 66.7 Å². The zero-order valence-electron chi connectivity index (χ0n) is 19.4. The first-order valence-electron chi connectivity index (χ1n) is 10.6. The molecule has 3 aromatic carbocycles. The van der Waals surface area contributed by atoms with Crippen LogP contribution in [-0.4, -0.2) is 52.9 Å². The van der Waals surface area contributed by atoms with Crippen LogP contribution in [-0.2, 0) is 4.79 Å². The fourth-order valence-electron chi connectivity index (χ4n) is 3.45. The first kappa shape index (κ1) is 24.0. The molecule has 0 unspecified atom stereocenters. The molecule has 0 fully saturated rings. The predicted octanol–water partition coefficient (Wildman–Crippen LogP) is 4.40. The van der Waals surface area contributed by atoms with Crippen LogP contribution in [0.25, 0.3) is 17.1 Å². The van der Waals surface area contributed by atoms with Crippen LogP contribution in [0.3, 0.4) is 0 Å². The molecule has 4 aromatic rings. The van der Waals surface area contributed by atoms with Crippen molar-refractivity contribution in [2.24, 2.45) is 0 Å². The molecule has 35 heavy (non-hydrogen) atoms. The molecule has 0 saturated heterocycles. The number of nitrogens with one attached hydrogen (secondary N) is 1. The summed E-state index contributed by atoms with van der Waals surface area (Å²) in [5, 5.41) is 22.4. The lowest BCUT2D eigenvalue weighted by atomic mass is 10.2. The van der Waals surface area contributed by atoms with Gasteiger partial charge < -0.3 is 24.6 Å². The van der Waals surface area contributed by atoms with Gasteiger partial charge in [-0.2, -0.15) is 0 Å². The maximum Gasteiger partial charge on any atom is 0.234 e. The second-order valence-electron chi connectivity index (χ2n) is 7.23. The summed E-state index contributed by atoms with van der Waals surface area (Å²) in [6.45, 7) is 0. The van der Waals surface area contributed by atoms with Crippen molar-refractivity contribution in [3.63, 3.8) is 0 Å². The van der Waals surface area contributed by atoms with Crippen molar-refractivity contribution >= 4 is 23.4 Å². The molecule has 4 rings (SSSR count). The number of amides is 1. The molecule has 0 aliphatic carbocycles. The molecule has 0 aliphatic heterocycles. The van der Waals surface area contributed by atoms with Gasteiger partial charge in [-0.15, -0.1) is 10.2 Å². The van der Waals surface area contributed by atoms with E-state index in [4.69, 9.17) is 14.2 Å². The van der Waals surface area contributed by atoms with Crippen LogP contribution in [0.1, 0.15) is 0 Å². The Morgan fingerprint density at radius 3 is 2.43 bits per heavy atom. The van der Waals surface area contributed by atoms with Gasteiger partial charge in [0.15, 0.2) is 11.0 Å². The van der Waals surface area contributed by atoms with E-state index >= 15 is 0 Å². The zero-order valence-corrected chi connectivity index (χ0v) is 20.2. The van der Waals surface area contributed by atoms with Gasteiger partial charge in [0, 0.05) is 6.07 Å². The number of benzene rings is 3. The van der Waals surface area contributed by atoms with Gasteiger partial charge in [0.2, 0.25) is 5.91 Å². The van der Waals surface area contributed by atoms with Gasteiger partial charge in [-0.1, -0.05) is 36.0 Å². The summed E-state index contributed by atoms with van der Waals surface area (Å²) in [5.41, 5.74) is 1.71. The van der Waals surface area contributed by atoms with Crippen LogP contribution in [0.5, 0.6) is 23.0 Å². The highest BCUT2D eigenvalue weighted by Gasteiger charge is 2.21. The largest absolute Gasteiger partial charge is 0.507 e. The lowest BCUT2D eigenvalue weighted by Crippen LogP contribution is -2.15. The van der Waals surface area contributed by atoms with Crippen LogP contribution in [0.2, 0.25) is 0 Å². The summed E-state index contributed by atoms with van der Waals surface area (Å²) in [6, 6.07) is 19.4. The minimum atomic E-state index is -0.253. The number of anilines is 1. The summed E-state index contributed by atoms with van der Waals surface area (Å²) in [6.07, 6.45) is 0. The molecular weight excluding hydrogens is 468 g/mol. The molecule has 1 aromatic heterocycles. The molecule has 0 spiro atoms. The highest BCUT2D eigenvalue weighted by atomic mass is 32.2. The number of thioether (sulfide) groups is 1. The Morgan fingerprint density at radius 1 is 0.943 bits per heavy atom. The van der Waals surface area contributed by atoms with Crippen molar-refractivity contribution in [2.75, 3.05) is 32.4 Å². The monoisotopic (exact) mass is 492 g/mol. The molecule has 0 saturated carbocycles. The molecule has 0 bridgehead atoms. The SMILES string of the molecule is COc1ccc(NC(=O)CSc2nnc(-c3ccccc3O)n2-c2ccccc2OC)c(OC)c1. The molecule has 1 heterocycles. The number of aromatic nitrogens is 3. The second kappa shape index (κ2) is 10.8. The molecule has 180 valence electrons. The van der Waals surface area contributed by atoms with Gasteiger partial charge in [-0.05, 0) is 36.4 Å². The van der Waals surface area contributed by atoms with Crippen LogP contribution < -0.4 is 19.5 Å². The number of para-hydroxylation sites is 3. The van der Waals surface area contributed by atoms with Gasteiger partial charge in [0.1, 0.15) is 23.0 Å². The van der Waals surface area contributed by atoms with E-state index in [2.05, 4.69) is 15.5 Å². The van der Waals surface area contributed by atoms with E-state index in [1.54, 1.807) is 61.3 Å². The smallest absolute Gasteiger partial charge is 0.234 e. The first-order valence-corrected chi connectivity index (χ1v) is 11.6. The summed E-state index contributed by atoms with van der Waals surface area (Å²) >= 11 is 1.21. The Morgan fingerprint density at radius 2 is 1.69 bits per heavy atom. The van der Waals surface area contributed by atoms with E-state index < -0.39 is 0 Å². The third-order valence-corrected chi connectivity index (χ3v) is 6.05. The highest BCUT2D eigenvalue weighted by molar-refractivity contribution is 7.99. The number of aromatic hydroxyl groups is 1. The van der Waals surface area contributed by atoms with Gasteiger partial charge in [0.05, 0.1) is 44.0 Å². The zero-order chi connectivity index (χ0) is 24.8. The van der Waals surface area contributed by atoms with Crippen LogP contribution in [0, 0.1) is 0 Å². The molecule has 0 atom stereocenters. The Kier molecular flexibility index (Phi) is 7.41. The molecule has 2 N–H and O–H groups in total. The van der Waals surface area contributed by atoms with Crippen LogP contribution >= 0.6 is 11.8 Å². The van der Waals surface area contributed by atoms with E-state index in [1.807, 2.05) is 24.3 Å². The highest BCUT2D eigenvalue weighted by Crippen LogP contribution is 2.36. The van der Waals surface area contributed by atoms with E-state index in [-0.39, 0.29) is 17.4 Å². The summed E-state index contributed by atoms with van der Waals surface area (Å²) in [7, 11) is 4.66. The third kappa shape index (κ3) is 5.17. The second-order valence-corrected chi connectivity index (χ2v) is 8.18. The Hall–Kier alpha value is -4.18. The summed E-state index contributed by atoms with van der Waals surface area (Å²) in [5.74, 6) is 2.00. The number of hydrogen-bond acceptors (Lipinski definition) is 8. The normalized spacial score (nSPS) is 10.6. The quantitative estimate of drug-likeness (QED) is 0.331. The number of ether oxygens (including phenoxy) is 3. The number of rotatable bonds is 9. The van der Waals surface area contributed by atoms with Crippen LogP contribution in [0.15, 0.2) is 71.9 Å². The molecule has 1 amide bonds. The Bertz CT molecular complexity index is 1340. The molecule has 9 nitrogen and oxygen atoms in total. The average Bonchev–Trinajstić information content (AvgIpc) is 3.31. The van der Waals surface area contributed by atoms with Crippen LogP contribution in [0.4, 0.5) is 5.69 Å². The number of phenolic OH excluding ortho intramolecular Hbond substituents is 1. The number of carbonyl (C=O) groups excluding carboxylic acids is 1. The molecule has 10 heteroatoms. The topological polar surface area (TPSA) is 108 Å². The van der Waals surface area contributed by atoms with Crippen molar-refractivity contribution in [1.82, 2.24) is 14.8 Å². The maximum atomic E-state index is 12.8.